The minimum Gasteiger partial charge on any atom is -0.353 e. The average Bonchev–Trinajstić information content (AvgIpc) is 2.87. The summed E-state index contributed by atoms with van der Waals surface area (Å²) in [5.41, 5.74) is 1.13. The smallest absolute Gasteiger partial charge is 0.221 e. The number of aromatic nitrogens is 1. The number of aryl methyl sites for hydroxylation is 1. The molecule has 0 spiro atoms. The molecule has 0 saturated carbocycles. The van der Waals surface area contributed by atoms with E-state index in [1.54, 1.807) is 0 Å². The first-order valence-electron chi connectivity index (χ1n) is 5.86. The number of nitrogens with one attached hydrogen (secondary N) is 2. The molecule has 16 heavy (non-hydrogen) atoms. The number of nitrogens with zero attached hydrogens (tertiary/aromatic N) is 1. The second-order valence-corrected chi connectivity index (χ2v) is 4.38. The molecule has 1 aromatic heterocycles. The lowest BCUT2D eigenvalue weighted by Crippen LogP contribution is -2.31. The van der Waals surface area contributed by atoms with Crippen molar-refractivity contribution in [3.8, 4) is 0 Å². The summed E-state index contributed by atoms with van der Waals surface area (Å²) < 4.78 is 2.02. The Labute approximate surface area is 96.0 Å². The number of hydrogen-bond acceptors (Lipinski definition) is 2. The molecule has 4 nitrogen and oxygen atoms in total. The molecule has 1 aliphatic heterocycles. The van der Waals surface area contributed by atoms with Crippen LogP contribution in [0.3, 0.4) is 0 Å². The predicted octanol–water partition coefficient (Wildman–Crippen LogP) is 0.783. The van der Waals surface area contributed by atoms with Crippen LogP contribution in [-0.2, 0) is 18.4 Å². The van der Waals surface area contributed by atoms with Crippen LogP contribution in [0.25, 0.3) is 0 Å². The van der Waals surface area contributed by atoms with E-state index in [0.717, 1.165) is 18.7 Å². The van der Waals surface area contributed by atoms with Crippen molar-refractivity contribution in [3.63, 3.8) is 0 Å². The Hall–Kier alpha value is -1.29. The van der Waals surface area contributed by atoms with Gasteiger partial charge in [-0.3, -0.25) is 4.79 Å². The molecule has 0 bridgehead atoms. The maximum absolute atomic E-state index is 11.6. The zero-order chi connectivity index (χ0) is 11.4. The van der Waals surface area contributed by atoms with Gasteiger partial charge in [-0.15, -0.1) is 0 Å². The second kappa shape index (κ2) is 5.16. The van der Waals surface area contributed by atoms with Gasteiger partial charge in [0.25, 0.3) is 0 Å². The third kappa shape index (κ3) is 2.85. The molecule has 1 aromatic rings. The molecule has 1 aliphatic rings. The zero-order valence-corrected chi connectivity index (χ0v) is 9.70. The third-order valence-corrected chi connectivity index (χ3v) is 3.11. The van der Waals surface area contributed by atoms with Crippen molar-refractivity contribution < 1.29 is 4.79 Å². The highest BCUT2D eigenvalue weighted by Gasteiger charge is 2.17. The molecule has 0 radical (unpaired) electrons. The average molecular weight is 221 g/mol. The van der Waals surface area contributed by atoms with E-state index in [0.29, 0.717) is 19.0 Å². The van der Waals surface area contributed by atoms with Crippen LogP contribution in [0, 0.1) is 0 Å². The van der Waals surface area contributed by atoms with Crippen molar-refractivity contribution in [3.05, 3.63) is 24.0 Å². The van der Waals surface area contributed by atoms with Crippen LogP contribution in [0.5, 0.6) is 0 Å². The van der Waals surface area contributed by atoms with Gasteiger partial charge in [0, 0.05) is 31.4 Å². The van der Waals surface area contributed by atoms with Crippen molar-refractivity contribution in [1.82, 2.24) is 15.2 Å². The van der Waals surface area contributed by atoms with Crippen LogP contribution in [0.1, 0.15) is 25.0 Å². The topological polar surface area (TPSA) is 46.1 Å². The van der Waals surface area contributed by atoms with Gasteiger partial charge in [0.15, 0.2) is 0 Å². The maximum atomic E-state index is 11.6. The minimum absolute atomic E-state index is 0.139. The normalized spacial score (nSPS) is 19.9. The molecule has 1 amide bonds. The van der Waals surface area contributed by atoms with Crippen molar-refractivity contribution in [2.45, 2.75) is 31.8 Å². The van der Waals surface area contributed by atoms with E-state index in [1.165, 1.54) is 6.42 Å². The molecule has 88 valence electrons. The minimum atomic E-state index is 0.139. The molecule has 2 rings (SSSR count). The fourth-order valence-corrected chi connectivity index (χ4v) is 2.10. The third-order valence-electron chi connectivity index (χ3n) is 3.11. The second-order valence-electron chi connectivity index (χ2n) is 4.38. The van der Waals surface area contributed by atoms with Crippen LogP contribution >= 0.6 is 0 Å². The molecule has 1 atom stereocenters. The summed E-state index contributed by atoms with van der Waals surface area (Å²) in [5.74, 6) is 0.139. The maximum Gasteiger partial charge on any atom is 0.221 e. The first kappa shape index (κ1) is 11.2. The van der Waals surface area contributed by atoms with E-state index in [4.69, 9.17) is 0 Å². The van der Waals surface area contributed by atoms with Crippen LogP contribution < -0.4 is 10.6 Å². The van der Waals surface area contributed by atoms with Crippen molar-refractivity contribution in [2.75, 3.05) is 6.54 Å². The molecular weight excluding hydrogens is 202 g/mol. The van der Waals surface area contributed by atoms with E-state index in [9.17, 15) is 4.79 Å². The SMILES string of the molecule is Cn1cccc1CNC(=O)CC1CCCN1. The highest BCUT2D eigenvalue weighted by molar-refractivity contribution is 5.76. The number of hydrogen-bond donors (Lipinski definition) is 2. The molecule has 1 fully saturated rings. The highest BCUT2D eigenvalue weighted by Crippen LogP contribution is 2.08. The van der Waals surface area contributed by atoms with E-state index < -0.39 is 0 Å². The Morgan fingerprint density at radius 2 is 2.56 bits per heavy atom. The van der Waals surface area contributed by atoms with E-state index in [2.05, 4.69) is 10.6 Å². The fraction of sp³-hybridized carbons (Fsp3) is 0.583. The predicted molar refractivity (Wildman–Crippen MR) is 62.9 cm³/mol. The molecular formula is C12H19N3O. The Bertz CT molecular complexity index is 353. The summed E-state index contributed by atoms with van der Waals surface area (Å²) in [6.45, 7) is 1.67. The van der Waals surface area contributed by atoms with Gasteiger partial charge in [0.1, 0.15) is 0 Å². The lowest BCUT2D eigenvalue weighted by molar-refractivity contribution is -0.121. The Morgan fingerprint density at radius 3 is 3.19 bits per heavy atom. The summed E-state index contributed by atoms with van der Waals surface area (Å²) in [6.07, 6.45) is 4.90. The van der Waals surface area contributed by atoms with Gasteiger partial charge in [-0.05, 0) is 31.5 Å². The Kier molecular flexibility index (Phi) is 3.62. The van der Waals surface area contributed by atoms with Crippen LogP contribution in [0.2, 0.25) is 0 Å². The Morgan fingerprint density at radius 1 is 1.69 bits per heavy atom. The van der Waals surface area contributed by atoms with Crippen LogP contribution in [0.15, 0.2) is 18.3 Å². The first-order chi connectivity index (χ1) is 7.75. The van der Waals surface area contributed by atoms with Crippen molar-refractivity contribution in [1.29, 1.82) is 0 Å². The van der Waals surface area contributed by atoms with Crippen molar-refractivity contribution >= 4 is 5.91 Å². The molecule has 2 N–H and O–H groups in total. The van der Waals surface area contributed by atoms with E-state index in [1.807, 2.05) is 29.9 Å². The molecule has 0 aromatic carbocycles. The summed E-state index contributed by atoms with van der Waals surface area (Å²) in [6, 6.07) is 4.39. The number of amides is 1. The summed E-state index contributed by atoms with van der Waals surface area (Å²) in [7, 11) is 1.99. The summed E-state index contributed by atoms with van der Waals surface area (Å²) in [5, 5.41) is 6.28. The van der Waals surface area contributed by atoms with Gasteiger partial charge < -0.3 is 15.2 Å². The van der Waals surface area contributed by atoms with Crippen molar-refractivity contribution in [2.24, 2.45) is 7.05 Å². The molecule has 1 saturated heterocycles. The summed E-state index contributed by atoms with van der Waals surface area (Å²) >= 11 is 0. The Balaban J connectivity index is 1.73. The van der Waals surface area contributed by atoms with E-state index in [-0.39, 0.29) is 5.91 Å². The summed E-state index contributed by atoms with van der Waals surface area (Å²) in [4.78, 5) is 11.6. The highest BCUT2D eigenvalue weighted by atomic mass is 16.1. The monoisotopic (exact) mass is 221 g/mol. The number of carbonyl (C=O) groups is 1. The van der Waals surface area contributed by atoms with Crippen LogP contribution in [0.4, 0.5) is 0 Å². The standard InChI is InChI=1S/C12H19N3O/c1-15-7-3-5-11(15)9-14-12(16)8-10-4-2-6-13-10/h3,5,7,10,13H,2,4,6,8-9H2,1H3,(H,14,16). The number of rotatable bonds is 4. The van der Waals surface area contributed by atoms with Gasteiger partial charge in [-0.2, -0.15) is 0 Å². The largest absolute Gasteiger partial charge is 0.353 e. The van der Waals surface area contributed by atoms with Gasteiger partial charge in [0.05, 0.1) is 6.54 Å². The quantitative estimate of drug-likeness (QED) is 0.789. The molecule has 4 heteroatoms. The van der Waals surface area contributed by atoms with E-state index >= 15 is 0 Å². The molecule has 0 aliphatic carbocycles. The van der Waals surface area contributed by atoms with Gasteiger partial charge in [0.2, 0.25) is 5.91 Å². The fourth-order valence-electron chi connectivity index (χ4n) is 2.10. The van der Waals surface area contributed by atoms with Gasteiger partial charge >= 0.3 is 0 Å². The number of carbonyl (C=O) groups excluding carboxylic acids is 1. The first-order valence-corrected chi connectivity index (χ1v) is 5.86. The lowest BCUT2D eigenvalue weighted by atomic mass is 10.1. The zero-order valence-electron chi connectivity index (χ0n) is 9.70. The van der Waals surface area contributed by atoms with Crippen LogP contribution in [-0.4, -0.2) is 23.1 Å². The lowest BCUT2D eigenvalue weighted by Gasteiger charge is -2.10. The molecule has 1 unspecified atom stereocenters. The molecule has 2 heterocycles. The van der Waals surface area contributed by atoms with Gasteiger partial charge in [-0.1, -0.05) is 0 Å². The van der Waals surface area contributed by atoms with Gasteiger partial charge in [-0.25, -0.2) is 0 Å².